The van der Waals surface area contributed by atoms with E-state index in [9.17, 15) is 4.79 Å². The van der Waals surface area contributed by atoms with Gasteiger partial charge < -0.3 is 5.32 Å². The van der Waals surface area contributed by atoms with E-state index in [0.717, 1.165) is 41.2 Å². The molecule has 4 rings (SSSR count). The second-order valence-electron chi connectivity index (χ2n) is 5.93. The molecule has 0 spiro atoms. The fourth-order valence-electron chi connectivity index (χ4n) is 2.98. The van der Waals surface area contributed by atoms with Gasteiger partial charge in [0.15, 0.2) is 0 Å². The van der Waals surface area contributed by atoms with Crippen molar-refractivity contribution in [3.8, 4) is 10.6 Å². The van der Waals surface area contributed by atoms with Gasteiger partial charge in [0, 0.05) is 34.4 Å². The molecular formula is C19H17N3OS. The number of amides is 1. The third-order valence-electron chi connectivity index (χ3n) is 4.26. The van der Waals surface area contributed by atoms with Crippen LogP contribution in [0.5, 0.6) is 0 Å². The lowest BCUT2D eigenvalue weighted by Crippen LogP contribution is -2.27. The average Bonchev–Trinajstić information content (AvgIpc) is 3.06. The van der Waals surface area contributed by atoms with E-state index < -0.39 is 0 Å². The van der Waals surface area contributed by atoms with Gasteiger partial charge in [-0.25, -0.2) is 4.98 Å². The number of thiazole rings is 1. The lowest BCUT2D eigenvalue weighted by atomic mass is 9.90. The Bertz CT molecular complexity index is 846. The molecule has 0 saturated heterocycles. The first-order chi connectivity index (χ1) is 11.8. The van der Waals surface area contributed by atoms with Crippen LogP contribution in [0.15, 0.2) is 54.9 Å². The largest absolute Gasteiger partial charge is 0.326 e. The first kappa shape index (κ1) is 15.0. The zero-order valence-corrected chi connectivity index (χ0v) is 13.9. The molecule has 1 aromatic carbocycles. The van der Waals surface area contributed by atoms with Crippen LogP contribution in [-0.2, 0) is 17.6 Å². The van der Waals surface area contributed by atoms with Crippen LogP contribution in [0, 0.1) is 5.92 Å². The van der Waals surface area contributed by atoms with E-state index in [1.165, 1.54) is 4.88 Å². The number of pyridine rings is 1. The third kappa shape index (κ3) is 3.08. The molecule has 2 aromatic heterocycles. The maximum absolute atomic E-state index is 12.5. The van der Waals surface area contributed by atoms with Crippen LogP contribution >= 0.6 is 11.3 Å². The predicted molar refractivity (Wildman–Crippen MR) is 95.9 cm³/mol. The van der Waals surface area contributed by atoms with Crippen LogP contribution in [-0.4, -0.2) is 15.9 Å². The zero-order valence-electron chi connectivity index (χ0n) is 13.1. The Morgan fingerprint density at radius 3 is 2.83 bits per heavy atom. The Kier molecular flexibility index (Phi) is 4.09. The fraction of sp³-hybridized carbons (Fsp3) is 0.211. The molecular weight excluding hydrogens is 318 g/mol. The van der Waals surface area contributed by atoms with Crippen molar-refractivity contribution in [1.29, 1.82) is 0 Å². The number of benzene rings is 1. The average molecular weight is 335 g/mol. The lowest BCUT2D eigenvalue weighted by Gasteiger charge is -2.20. The minimum Gasteiger partial charge on any atom is -0.326 e. The normalized spacial score (nSPS) is 16.4. The number of carbonyl (C=O) groups excluding carboxylic acids is 1. The number of fused-ring (bicyclic) bond motifs is 1. The molecule has 0 fully saturated rings. The van der Waals surface area contributed by atoms with Gasteiger partial charge in [0.2, 0.25) is 5.91 Å². The van der Waals surface area contributed by atoms with Gasteiger partial charge in [-0.2, -0.15) is 0 Å². The monoisotopic (exact) mass is 335 g/mol. The molecule has 0 aliphatic heterocycles. The van der Waals surface area contributed by atoms with Crippen molar-refractivity contribution in [3.05, 3.63) is 65.4 Å². The number of anilines is 1. The SMILES string of the molecule is O=C(Nc1ccccc1)C1CCc2nc(-c3cccnc3)sc2C1. The smallest absolute Gasteiger partial charge is 0.227 e. The minimum atomic E-state index is 0.0138. The third-order valence-corrected chi connectivity index (χ3v) is 5.43. The molecule has 5 heteroatoms. The Hall–Kier alpha value is -2.53. The summed E-state index contributed by atoms with van der Waals surface area (Å²) in [6.07, 6.45) is 6.08. The molecule has 1 amide bonds. The Labute approximate surface area is 144 Å². The minimum absolute atomic E-state index is 0.0138. The lowest BCUT2D eigenvalue weighted by molar-refractivity contribution is -0.120. The number of carbonyl (C=O) groups is 1. The second kappa shape index (κ2) is 6.53. The summed E-state index contributed by atoms with van der Waals surface area (Å²) in [6.45, 7) is 0. The van der Waals surface area contributed by atoms with E-state index in [1.54, 1.807) is 17.5 Å². The van der Waals surface area contributed by atoms with E-state index in [1.807, 2.05) is 48.7 Å². The Morgan fingerprint density at radius 2 is 2.04 bits per heavy atom. The summed E-state index contributed by atoms with van der Waals surface area (Å²) in [7, 11) is 0. The van der Waals surface area contributed by atoms with Gasteiger partial charge in [0.05, 0.1) is 5.69 Å². The first-order valence-corrected chi connectivity index (χ1v) is 8.86. The zero-order chi connectivity index (χ0) is 16.4. The van der Waals surface area contributed by atoms with Crippen molar-refractivity contribution < 1.29 is 4.79 Å². The summed E-state index contributed by atoms with van der Waals surface area (Å²) < 4.78 is 0. The highest BCUT2D eigenvalue weighted by atomic mass is 32.1. The van der Waals surface area contributed by atoms with Gasteiger partial charge in [0.25, 0.3) is 0 Å². The molecule has 3 aromatic rings. The van der Waals surface area contributed by atoms with Crippen molar-refractivity contribution in [3.63, 3.8) is 0 Å². The summed E-state index contributed by atoms with van der Waals surface area (Å²) >= 11 is 1.68. The van der Waals surface area contributed by atoms with Crippen LogP contribution in [0.1, 0.15) is 17.0 Å². The Balaban J connectivity index is 1.50. The van der Waals surface area contributed by atoms with Crippen LogP contribution in [0.25, 0.3) is 10.6 Å². The summed E-state index contributed by atoms with van der Waals surface area (Å²) in [5.41, 5.74) is 3.04. The Morgan fingerprint density at radius 1 is 1.17 bits per heavy atom. The van der Waals surface area contributed by atoms with Crippen molar-refractivity contribution >= 4 is 22.9 Å². The highest BCUT2D eigenvalue weighted by molar-refractivity contribution is 7.15. The molecule has 1 aliphatic carbocycles. The number of nitrogens with one attached hydrogen (secondary N) is 1. The summed E-state index contributed by atoms with van der Waals surface area (Å²) in [4.78, 5) is 22.7. The number of para-hydroxylation sites is 1. The number of nitrogens with zero attached hydrogens (tertiary/aromatic N) is 2. The van der Waals surface area contributed by atoms with Gasteiger partial charge in [-0.15, -0.1) is 11.3 Å². The summed E-state index contributed by atoms with van der Waals surface area (Å²) in [5, 5.41) is 4.01. The number of hydrogen-bond acceptors (Lipinski definition) is 4. The fourth-order valence-corrected chi connectivity index (χ4v) is 4.16. The van der Waals surface area contributed by atoms with Gasteiger partial charge in [-0.1, -0.05) is 18.2 Å². The van der Waals surface area contributed by atoms with Crippen LogP contribution in [0.3, 0.4) is 0 Å². The van der Waals surface area contributed by atoms with E-state index in [-0.39, 0.29) is 11.8 Å². The maximum atomic E-state index is 12.5. The molecule has 0 saturated carbocycles. The number of aryl methyl sites for hydroxylation is 1. The molecule has 24 heavy (non-hydrogen) atoms. The van der Waals surface area contributed by atoms with Crippen LogP contribution < -0.4 is 5.32 Å². The van der Waals surface area contributed by atoms with Gasteiger partial charge in [0.1, 0.15) is 5.01 Å². The topological polar surface area (TPSA) is 54.9 Å². The molecule has 1 aliphatic rings. The highest BCUT2D eigenvalue weighted by Crippen LogP contribution is 2.34. The standard InChI is InChI=1S/C19H17N3OS/c23-18(21-15-6-2-1-3-7-15)13-8-9-16-17(11-13)24-19(22-16)14-5-4-10-20-12-14/h1-7,10,12-13H,8-9,11H2,(H,21,23). The van der Waals surface area contributed by atoms with Gasteiger partial charge in [-0.05, 0) is 43.5 Å². The molecule has 1 N–H and O–H groups in total. The molecule has 1 unspecified atom stereocenters. The van der Waals surface area contributed by atoms with Crippen molar-refractivity contribution in [2.24, 2.45) is 5.92 Å². The van der Waals surface area contributed by atoms with E-state index in [0.29, 0.717) is 0 Å². The van der Waals surface area contributed by atoms with Crippen molar-refractivity contribution in [2.45, 2.75) is 19.3 Å². The van der Waals surface area contributed by atoms with Crippen LogP contribution in [0.2, 0.25) is 0 Å². The van der Waals surface area contributed by atoms with Crippen molar-refractivity contribution in [1.82, 2.24) is 9.97 Å². The van der Waals surface area contributed by atoms with Gasteiger partial charge >= 0.3 is 0 Å². The molecule has 1 atom stereocenters. The van der Waals surface area contributed by atoms with E-state index >= 15 is 0 Å². The first-order valence-electron chi connectivity index (χ1n) is 8.04. The molecule has 2 heterocycles. The highest BCUT2D eigenvalue weighted by Gasteiger charge is 2.27. The molecule has 0 bridgehead atoms. The number of aromatic nitrogens is 2. The number of hydrogen-bond donors (Lipinski definition) is 1. The summed E-state index contributed by atoms with van der Waals surface area (Å²) in [5.74, 6) is 0.114. The predicted octanol–water partition coefficient (Wildman–Crippen LogP) is 3.95. The second-order valence-corrected chi connectivity index (χ2v) is 7.01. The molecule has 120 valence electrons. The quantitative estimate of drug-likeness (QED) is 0.788. The van der Waals surface area contributed by atoms with E-state index in [2.05, 4.69) is 10.3 Å². The molecule has 4 nitrogen and oxygen atoms in total. The van der Waals surface area contributed by atoms with Gasteiger partial charge in [-0.3, -0.25) is 9.78 Å². The number of rotatable bonds is 3. The molecule has 0 radical (unpaired) electrons. The van der Waals surface area contributed by atoms with Crippen LogP contribution in [0.4, 0.5) is 5.69 Å². The van der Waals surface area contributed by atoms with E-state index in [4.69, 9.17) is 4.98 Å². The van der Waals surface area contributed by atoms with Crippen molar-refractivity contribution in [2.75, 3.05) is 5.32 Å². The summed E-state index contributed by atoms with van der Waals surface area (Å²) in [6, 6.07) is 13.6. The maximum Gasteiger partial charge on any atom is 0.227 e.